The minimum Gasteiger partial charge on any atom is -0.378 e. The van der Waals surface area contributed by atoms with Crippen molar-refractivity contribution in [2.45, 2.75) is 25.9 Å². The molecule has 0 aliphatic carbocycles. The molecule has 1 atom stereocenters. The van der Waals surface area contributed by atoms with Crippen LogP contribution in [0.25, 0.3) is 0 Å². The van der Waals surface area contributed by atoms with Crippen molar-refractivity contribution in [1.82, 2.24) is 4.90 Å². The SMILES string of the molecule is CC(C)N1CCOCC1CBr. The Labute approximate surface area is 77.0 Å². The lowest BCUT2D eigenvalue weighted by Gasteiger charge is -2.37. The summed E-state index contributed by atoms with van der Waals surface area (Å²) in [5.74, 6) is 0. The van der Waals surface area contributed by atoms with Crippen LogP contribution in [0.2, 0.25) is 0 Å². The lowest BCUT2D eigenvalue weighted by Crippen LogP contribution is -2.49. The van der Waals surface area contributed by atoms with Gasteiger partial charge >= 0.3 is 0 Å². The van der Waals surface area contributed by atoms with Gasteiger partial charge in [-0.1, -0.05) is 15.9 Å². The number of ether oxygens (including phenoxy) is 1. The molecule has 3 heteroatoms. The molecular weight excluding hydrogens is 206 g/mol. The summed E-state index contributed by atoms with van der Waals surface area (Å²) in [6.45, 7) is 7.32. The van der Waals surface area contributed by atoms with Crippen LogP contribution in [-0.2, 0) is 4.74 Å². The molecule has 1 heterocycles. The third-order valence-electron chi connectivity index (χ3n) is 2.11. The summed E-state index contributed by atoms with van der Waals surface area (Å²) in [6, 6.07) is 1.21. The molecule has 0 N–H and O–H groups in total. The number of alkyl halides is 1. The smallest absolute Gasteiger partial charge is 0.0630 e. The number of morpholine rings is 1. The molecule has 0 aromatic rings. The molecule has 0 spiro atoms. The molecule has 0 bridgehead atoms. The van der Waals surface area contributed by atoms with Crippen LogP contribution in [0, 0.1) is 0 Å². The van der Waals surface area contributed by atoms with E-state index in [0.717, 1.165) is 25.1 Å². The molecule has 0 radical (unpaired) electrons. The van der Waals surface area contributed by atoms with Gasteiger partial charge in [0, 0.05) is 24.0 Å². The number of nitrogens with zero attached hydrogens (tertiary/aromatic N) is 1. The highest BCUT2D eigenvalue weighted by molar-refractivity contribution is 9.09. The molecule has 1 aliphatic heterocycles. The molecule has 1 rings (SSSR count). The van der Waals surface area contributed by atoms with Gasteiger partial charge in [0.15, 0.2) is 0 Å². The summed E-state index contributed by atoms with van der Waals surface area (Å²) < 4.78 is 5.38. The summed E-state index contributed by atoms with van der Waals surface area (Å²) in [6.07, 6.45) is 0. The van der Waals surface area contributed by atoms with Gasteiger partial charge in [0.1, 0.15) is 0 Å². The van der Waals surface area contributed by atoms with E-state index in [4.69, 9.17) is 4.74 Å². The van der Waals surface area contributed by atoms with Crippen LogP contribution in [0.5, 0.6) is 0 Å². The first-order valence-electron chi connectivity index (χ1n) is 4.15. The Morgan fingerprint density at radius 1 is 1.64 bits per heavy atom. The maximum atomic E-state index is 5.38. The Balaban J connectivity index is 2.44. The average Bonchev–Trinajstić information content (AvgIpc) is 2.04. The quantitative estimate of drug-likeness (QED) is 0.656. The van der Waals surface area contributed by atoms with E-state index in [0.29, 0.717) is 12.1 Å². The second-order valence-corrected chi connectivity index (χ2v) is 3.86. The molecule has 66 valence electrons. The van der Waals surface area contributed by atoms with Crippen LogP contribution in [0.3, 0.4) is 0 Å². The molecule has 0 saturated carbocycles. The highest BCUT2D eigenvalue weighted by Gasteiger charge is 2.23. The molecule has 1 aliphatic rings. The van der Waals surface area contributed by atoms with E-state index >= 15 is 0 Å². The minimum absolute atomic E-state index is 0.573. The Kier molecular flexibility index (Phi) is 3.82. The number of halogens is 1. The van der Waals surface area contributed by atoms with Crippen LogP contribution in [0.4, 0.5) is 0 Å². The maximum Gasteiger partial charge on any atom is 0.0630 e. The van der Waals surface area contributed by atoms with Crippen LogP contribution in [-0.4, -0.2) is 42.1 Å². The highest BCUT2D eigenvalue weighted by atomic mass is 79.9. The number of hydrogen-bond acceptors (Lipinski definition) is 2. The summed E-state index contributed by atoms with van der Waals surface area (Å²) in [4.78, 5) is 2.48. The third-order valence-corrected chi connectivity index (χ3v) is 2.86. The topological polar surface area (TPSA) is 12.5 Å². The molecule has 1 saturated heterocycles. The van der Waals surface area contributed by atoms with Gasteiger partial charge < -0.3 is 4.74 Å². The predicted octanol–water partition coefficient (Wildman–Crippen LogP) is 1.49. The van der Waals surface area contributed by atoms with E-state index in [1.807, 2.05) is 0 Å². The van der Waals surface area contributed by atoms with Gasteiger partial charge in [-0.25, -0.2) is 0 Å². The van der Waals surface area contributed by atoms with E-state index in [1.54, 1.807) is 0 Å². The van der Waals surface area contributed by atoms with Crippen molar-refractivity contribution >= 4 is 15.9 Å². The van der Waals surface area contributed by atoms with Crippen molar-refractivity contribution in [2.75, 3.05) is 25.1 Å². The van der Waals surface area contributed by atoms with Gasteiger partial charge in [0.05, 0.1) is 13.2 Å². The first-order valence-corrected chi connectivity index (χ1v) is 5.27. The molecule has 2 nitrogen and oxygen atoms in total. The molecular formula is C8H16BrNO. The fourth-order valence-corrected chi connectivity index (χ4v) is 2.04. The van der Waals surface area contributed by atoms with Gasteiger partial charge in [0.25, 0.3) is 0 Å². The summed E-state index contributed by atoms with van der Waals surface area (Å²) in [7, 11) is 0. The standard InChI is InChI=1S/C8H16BrNO/c1-7(2)10-3-4-11-6-8(10)5-9/h7-8H,3-6H2,1-2H3. The Bertz CT molecular complexity index is 119. The van der Waals surface area contributed by atoms with Crippen molar-refractivity contribution < 1.29 is 4.74 Å². The largest absolute Gasteiger partial charge is 0.378 e. The van der Waals surface area contributed by atoms with Crippen molar-refractivity contribution in [3.05, 3.63) is 0 Å². The van der Waals surface area contributed by atoms with E-state index in [1.165, 1.54) is 0 Å². The minimum atomic E-state index is 0.573. The predicted molar refractivity (Wildman–Crippen MR) is 50.2 cm³/mol. The fourth-order valence-electron chi connectivity index (χ4n) is 1.48. The van der Waals surface area contributed by atoms with Gasteiger partial charge in [-0.15, -0.1) is 0 Å². The van der Waals surface area contributed by atoms with Crippen molar-refractivity contribution in [1.29, 1.82) is 0 Å². The third kappa shape index (κ3) is 2.42. The first-order chi connectivity index (χ1) is 5.25. The first kappa shape index (κ1) is 9.49. The molecule has 0 aromatic heterocycles. The van der Waals surface area contributed by atoms with E-state index in [2.05, 4.69) is 34.7 Å². The summed E-state index contributed by atoms with van der Waals surface area (Å²) in [5.41, 5.74) is 0. The molecule has 1 fully saturated rings. The second-order valence-electron chi connectivity index (χ2n) is 3.21. The zero-order chi connectivity index (χ0) is 8.27. The van der Waals surface area contributed by atoms with E-state index in [-0.39, 0.29) is 0 Å². The second kappa shape index (κ2) is 4.43. The van der Waals surface area contributed by atoms with Gasteiger partial charge in [-0.3, -0.25) is 4.90 Å². The highest BCUT2D eigenvalue weighted by Crippen LogP contribution is 2.12. The molecule has 0 aromatic carbocycles. The van der Waals surface area contributed by atoms with Crippen LogP contribution >= 0.6 is 15.9 Å². The monoisotopic (exact) mass is 221 g/mol. The van der Waals surface area contributed by atoms with Crippen molar-refractivity contribution in [3.8, 4) is 0 Å². The summed E-state index contributed by atoms with van der Waals surface area (Å²) in [5, 5.41) is 1.02. The van der Waals surface area contributed by atoms with Crippen LogP contribution in [0.1, 0.15) is 13.8 Å². The fraction of sp³-hybridized carbons (Fsp3) is 1.00. The summed E-state index contributed by atoms with van der Waals surface area (Å²) >= 11 is 3.50. The Hall–Kier alpha value is 0.400. The van der Waals surface area contributed by atoms with Crippen LogP contribution in [0.15, 0.2) is 0 Å². The van der Waals surface area contributed by atoms with E-state index < -0.39 is 0 Å². The zero-order valence-electron chi connectivity index (χ0n) is 7.22. The average molecular weight is 222 g/mol. The van der Waals surface area contributed by atoms with Gasteiger partial charge in [-0.2, -0.15) is 0 Å². The lowest BCUT2D eigenvalue weighted by atomic mass is 10.2. The maximum absolute atomic E-state index is 5.38. The number of rotatable bonds is 2. The molecule has 1 unspecified atom stereocenters. The Morgan fingerprint density at radius 3 is 2.82 bits per heavy atom. The van der Waals surface area contributed by atoms with Crippen molar-refractivity contribution in [2.24, 2.45) is 0 Å². The van der Waals surface area contributed by atoms with Gasteiger partial charge in [0.2, 0.25) is 0 Å². The number of hydrogen-bond donors (Lipinski definition) is 0. The molecule has 0 amide bonds. The molecule has 11 heavy (non-hydrogen) atoms. The Morgan fingerprint density at radius 2 is 2.36 bits per heavy atom. The van der Waals surface area contributed by atoms with E-state index in [9.17, 15) is 0 Å². The normalized spacial score (nSPS) is 27.8. The van der Waals surface area contributed by atoms with Gasteiger partial charge in [-0.05, 0) is 13.8 Å². The zero-order valence-corrected chi connectivity index (χ0v) is 8.80. The lowest BCUT2D eigenvalue weighted by molar-refractivity contribution is -0.0127. The van der Waals surface area contributed by atoms with Crippen LogP contribution < -0.4 is 0 Å². The van der Waals surface area contributed by atoms with Crippen molar-refractivity contribution in [3.63, 3.8) is 0 Å².